The SMILES string of the molecule is Cc1cccc(F)c1C(=O)Cc1ccc(-c2nc(-c3cnn(C)c3C)sc2C)cn1. The van der Waals surface area contributed by atoms with Gasteiger partial charge in [0.2, 0.25) is 0 Å². The van der Waals surface area contributed by atoms with E-state index in [0.717, 1.165) is 32.4 Å². The topological polar surface area (TPSA) is 60.7 Å². The number of hydrogen-bond donors (Lipinski definition) is 0. The molecular weight excluding hydrogens is 399 g/mol. The summed E-state index contributed by atoms with van der Waals surface area (Å²) in [6, 6.07) is 8.36. The lowest BCUT2D eigenvalue weighted by Crippen LogP contribution is -2.09. The van der Waals surface area contributed by atoms with Gasteiger partial charge in [0.15, 0.2) is 5.78 Å². The van der Waals surface area contributed by atoms with Gasteiger partial charge >= 0.3 is 0 Å². The van der Waals surface area contributed by atoms with Gasteiger partial charge in [-0.05, 0) is 44.5 Å². The van der Waals surface area contributed by atoms with E-state index in [1.54, 1.807) is 42.7 Å². The molecule has 0 radical (unpaired) electrons. The monoisotopic (exact) mass is 420 g/mol. The highest BCUT2D eigenvalue weighted by Gasteiger charge is 2.17. The van der Waals surface area contributed by atoms with Crippen molar-refractivity contribution in [1.29, 1.82) is 0 Å². The summed E-state index contributed by atoms with van der Waals surface area (Å²) < 4.78 is 15.9. The first-order valence-electron chi connectivity index (χ1n) is 9.55. The highest BCUT2D eigenvalue weighted by atomic mass is 32.1. The minimum atomic E-state index is -0.493. The molecule has 0 aliphatic rings. The number of ketones is 1. The third-order valence-electron chi connectivity index (χ3n) is 5.20. The number of thiazole rings is 1. The van der Waals surface area contributed by atoms with E-state index in [1.807, 2.05) is 37.8 Å². The maximum Gasteiger partial charge on any atom is 0.172 e. The number of rotatable bonds is 5. The molecule has 30 heavy (non-hydrogen) atoms. The maximum atomic E-state index is 14.1. The first kappa shape index (κ1) is 20.1. The quantitative estimate of drug-likeness (QED) is 0.422. The molecule has 3 heterocycles. The molecule has 0 aliphatic carbocycles. The molecule has 5 nitrogen and oxygen atoms in total. The molecule has 0 aliphatic heterocycles. The number of carbonyl (C=O) groups is 1. The van der Waals surface area contributed by atoms with Crippen molar-refractivity contribution in [2.45, 2.75) is 27.2 Å². The van der Waals surface area contributed by atoms with Gasteiger partial charge in [-0.3, -0.25) is 14.5 Å². The minimum absolute atomic E-state index is 0.0538. The number of nitrogens with zero attached hydrogens (tertiary/aromatic N) is 4. The first-order chi connectivity index (χ1) is 14.3. The van der Waals surface area contributed by atoms with Crippen LogP contribution in [0.1, 0.15) is 32.2 Å². The Morgan fingerprint density at radius 1 is 1.13 bits per heavy atom. The molecule has 0 atom stereocenters. The average Bonchev–Trinajstić information content (AvgIpc) is 3.25. The normalized spacial score (nSPS) is 11.1. The van der Waals surface area contributed by atoms with Crippen molar-refractivity contribution < 1.29 is 9.18 Å². The zero-order valence-electron chi connectivity index (χ0n) is 17.2. The summed E-state index contributed by atoms with van der Waals surface area (Å²) in [4.78, 5) is 22.9. The van der Waals surface area contributed by atoms with E-state index < -0.39 is 5.82 Å². The average molecular weight is 421 g/mol. The molecular formula is C23H21FN4OS. The molecule has 152 valence electrons. The van der Waals surface area contributed by atoms with E-state index >= 15 is 0 Å². The fourth-order valence-electron chi connectivity index (χ4n) is 3.40. The second-order valence-corrected chi connectivity index (χ2v) is 8.46. The van der Waals surface area contributed by atoms with Crippen LogP contribution in [0.25, 0.3) is 21.8 Å². The number of carbonyl (C=O) groups excluding carboxylic acids is 1. The molecule has 0 saturated heterocycles. The molecule has 0 unspecified atom stereocenters. The van der Waals surface area contributed by atoms with Crippen molar-refractivity contribution in [1.82, 2.24) is 19.7 Å². The van der Waals surface area contributed by atoms with E-state index in [-0.39, 0.29) is 17.8 Å². The zero-order chi connectivity index (χ0) is 21.4. The van der Waals surface area contributed by atoms with Crippen LogP contribution < -0.4 is 0 Å². The largest absolute Gasteiger partial charge is 0.294 e. The van der Waals surface area contributed by atoms with E-state index in [2.05, 4.69) is 10.1 Å². The van der Waals surface area contributed by atoms with Crippen molar-refractivity contribution in [3.05, 3.63) is 75.9 Å². The van der Waals surface area contributed by atoms with Gasteiger partial charge in [-0.15, -0.1) is 11.3 Å². The number of benzene rings is 1. The molecule has 4 aromatic rings. The Morgan fingerprint density at radius 3 is 2.57 bits per heavy atom. The highest BCUT2D eigenvalue weighted by Crippen LogP contribution is 2.34. The van der Waals surface area contributed by atoms with Gasteiger partial charge in [-0.1, -0.05) is 12.1 Å². The molecule has 3 aromatic heterocycles. The molecule has 0 bridgehead atoms. The third kappa shape index (κ3) is 3.68. The van der Waals surface area contributed by atoms with Crippen molar-refractivity contribution in [2.75, 3.05) is 0 Å². The van der Waals surface area contributed by atoms with Crippen LogP contribution in [0.2, 0.25) is 0 Å². The van der Waals surface area contributed by atoms with E-state index in [0.29, 0.717) is 11.3 Å². The predicted octanol–water partition coefficient (Wildman–Crippen LogP) is 5.10. The Labute approximate surface area is 178 Å². The molecule has 0 spiro atoms. The lowest BCUT2D eigenvalue weighted by Gasteiger charge is -2.06. The van der Waals surface area contributed by atoms with Gasteiger partial charge in [0, 0.05) is 35.1 Å². The van der Waals surface area contributed by atoms with Crippen LogP contribution in [0.5, 0.6) is 0 Å². The Kier molecular flexibility index (Phi) is 5.30. The van der Waals surface area contributed by atoms with Gasteiger partial charge in [0.05, 0.1) is 29.4 Å². The Bertz CT molecular complexity index is 1220. The van der Waals surface area contributed by atoms with Gasteiger partial charge in [-0.2, -0.15) is 5.10 Å². The number of halogens is 1. The van der Waals surface area contributed by atoms with Crippen LogP contribution in [-0.4, -0.2) is 25.5 Å². The lowest BCUT2D eigenvalue weighted by molar-refractivity contribution is 0.0987. The van der Waals surface area contributed by atoms with Crippen molar-refractivity contribution in [2.24, 2.45) is 7.05 Å². The smallest absolute Gasteiger partial charge is 0.172 e. The standard InChI is InChI=1S/C23H21FN4OS/c1-13-6-5-7-19(24)21(13)20(29)10-17-9-8-16(11-25-17)22-15(3)30-23(27-22)18-12-26-28(4)14(18)2/h5-9,11-12H,10H2,1-4H3. The maximum absolute atomic E-state index is 14.1. The second kappa shape index (κ2) is 7.91. The number of aryl methyl sites for hydroxylation is 3. The van der Waals surface area contributed by atoms with Gasteiger partial charge in [-0.25, -0.2) is 9.37 Å². The Balaban J connectivity index is 1.57. The number of aromatic nitrogens is 4. The number of hydrogen-bond acceptors (Lipinski definition) is 5. The number of Topliss-reactive ketones (excluding diaryl/α,β-unsaturated/α-hetero) is 1. The van der Waals surface area contributed by atoms with Crippen LogP contribution in [-0.2, 0) is 13.5 Å². The molecule has 7 heteroatoms. The molecule has 0 N–H and O–H groups in total. The summed E-state index contributed by atoms with van der Waals surface area (Å²) in [6.07, 6.45) is 3.60. The van der Waals surface area contributed by atoms with Crippen LogP contribution in [0.15, 0.2) is 42.7 Å². The van der Waals surface area contributed by atoms with Crippen molar-refractivity contribution >= 4 is 17.1 Å². The summed E-state index contributed by atoms with van der Waals surface area (Å²) >= 11 is 1.62. The van der Waals surface area contributed by atoms with E-state index in [1.165, 1.54) is 6.07 Å². The van der Waals surface area contributed by atoms with Gasteiger partial charge < -0.3 is 0 Å². The fourth-order valence-corrected chi connectivity index (χ4v) is 4.39. The lowest BCUT2D eigenvalue weighted by atomic mass is 10.0. The summed E-state index contributed by atoms with van der Waals surface area (Å²) in [5, 5.41) is 5.21. The number of pyridine rings is 1. The van der Waals surface area contributed by atoms with Crippen molar-refractivity contribution in [3.8, 4) is 21.8 Å². The fraction of sp³-hybridized carbons (Fsp3) is 0.217. The summed E-state index contributed by atoms with van der Waals surface area (Å²) in [5.74, 6) is -0.766. The predicted molar refractivity (Wildman–Crippen MR) is 116 cm³/mol. The molecule has 4 rings (SSSR count). The van der Waals surface area contributed by atoms with Crippen LogP contribution >= 0.6 is 11.3 Å². The summed E-state index contributed by atoms with van der Waals surface area (Å²) in [7, 11) is 1.91. The van der Waals surface area contributed by atoms with E-state index in [9.17, 15) is 9.18 Å². The molecule has 1 aromatic carbocycles. The van der Waals surface area contributed by atoms with Crippen LogP contribution in [0.3, 0.4) is 0 Å². The third-order valence-corrected chi connectivity index (χ3v) is 6.21. The first-order valence-corrected chi connectivity index (χ1v) is 10.4. The summed E-state index contributed by atoms with van der Waals surface area (Å²) in [6.45, 7) is 5.78. The van der Waals surface area contributed by atoms with E-state index in [4.69, 9.17) is 4.98 Å². The highest BCUT2D eigenvalue weighted by molar-refractivity contribution is 7.15. The summed E-state index contributed by atoms with van der Waals surface area (Å²) in [5.41, 5.74) is 5.20. The molecule has 0 amide bonds. The van der Waals surface area contributed by atoms with Gasteiger partial charge in [0.1, 0.15) is 10.8 Å². The second-order valence-electron chi connectivity index (χ2n) is 7.26. The van der Waals surface area contributed by atoms with Crippen molar-refractivity contribution in [3.63, 3.8) is 0 Å². The van der Waals surface area contributed by atoms with Gasteiger partial charge in [0.25, 0.3) is 0 Å². The molecule has 0 fully saturated rings. The Hall–Kier alpha value is -3.19. The zero-order valence-corrected chi connectivity index (χ0v) is 18.0. The Morgan fingerprint density at radius 2 is 1.93 bits per heavy atom. The molecule has 0 saturated carbocycles. The van der Waals surface area contributed by atoms with Crippen LogP contribution in [0.4, 0.5) is 4.39 Å². The minimum Gasteiger partial charge on any atom is -0.294 e. The van der Waals surface area contributed by atoms with Crippen LogP contribution in [0, 0.1) is 26.6 Å².